The standard InChI is InChI=1S/C20H18BrNO2/c1-3-24-20(23)16-10-12-19(17(21)13-16)22-14(2)9-11-18(22)15-7-5-4-6-8-15/h4-13H,3H2,1-2H3. The number of aromatic nitrogens is 1. The first-order valence-corrected chi connectivity index (χ1v) is 8.62. The molecule has 1 heterocycles. The van der Waals surface area contributed by atoms with Crippen molar-refractivity contribution in [2.75, 3.05) is 6.61 Å². The van der Waals surface area contributed by atoms with E-state index >= 15 is 0 Å². The van der Waals surface area contributed by atoms with Crippen molar-refractivity contribution >= 4 is 21.9 Å². The summed E-state index contributed by atoms with van der Waals surface area (Å²) in [5.74, 6) is -0.308. The van der Waals surface area contributed by atoms with Crippen LogP contribution in [0.1, 0.15) is 23.0 Å². The molecule has 0 spiro atoms. The fourth-order valence-corrected chi connectivity index (χ4v) is 3.28. The van der Waals surface area contributed by atoms with Crippen LogP contribution in [0.15, 0.2) is 65.1 Å². The van der Waals surface area contributed by atoms with Gasteiger partial charge in [-0.15, -0.1) is 0 Å². The molecule has 0 N–H and O–H groups in total. The maximum Gasteiger partial charge on any atom is 0.338 e. The lowest BCUT2D eigenvalue weighted by Gasteiger charge is -2.15. The number of hydrogen-bond donors (Lipinski definition) is 0. The Hall–Kier alpha value is -2.33. The van der Waals surface area contributed by atoms with E-state index < -0.39 is 0 Å². The monoisotopic (exact) mass is 383 g/mol. The Labute approximate surface area is 150 Å². The van der Waals surface area contributed by atoms with Crippen molar-refractivity contribution in [2.45, 2.75) is 13.8 Å². The van der Waals surface area contributed by atoms with E-state index in [0.717, 1.165) is 27.1 Å². The number of benzene rings is 2. The molecule has 0 bridgehead atoms. The van der Waals surface area contributed by atoms with Crippen LogP contribution in [0.2, 0.25) is 0 Å². The number of carbonyl (C=O) groups is 1. The molecule has 3 nitrogen and oxygen atoms in total. The van der Waals surface area contributed by atoms with Crippen molar-refractivity contribution in [1.82, 2.24) is 4.57 Å². The van der Waals surface area contributed by atoms with Gasteiger partial charge in [-0.25, -0.2) is 4.79 Å². The largest absolute Gasteiger partial charge is 0.462 e. The Morgan fingerprint density at radius 2 is 1.83 bits per heavy atom. The maximum absolute atomic E-state index is 11.9. The Bertz CT molecular complexity index is 869. The fourth-order valence-electron chi connectivity index (χ4n) is 2.72. The second-order valence-electron chi connectivity index (χ2n) is 5.45. The van der Waals surface area contributed by atoms with Gasteiger partial charge in [0.25, 0.3) is 0 Å². The van der Waals surface area contributed by atoms with E-state index in [1.54, 1.807) is 13.0 Å². The SMILES string of the molecule is CCOC(=O)c1ccc(-n2c(C)ccc2-c2ccccc2)c(Br)c1. The molecule has 0 fully saturated rings. The van der Waals surface area contributed by atoms with Crippen LogP contribution in [0.5, 0.6) is 0 Å². The predicted octanol–water partition coefficient (Wildman–Crippen LogP) is 5.39. The van der Waals surface area contributed by atoms with Gasteiger partial charge in [-0.1, -0.05) is 30.3 Å². The van der Waals surface area contributed by atoms with Gasteiger partial charge in [0, 0.05) is 10.2 Å². The minimum atomic E-state index is -0.308. The summed E-state index contributed by atoms with van der Waals surface area (Å²) in [4.78, 5) is 11.9. The van der Waals surface area contributed by atoms with Crippen LogP contribution in [0.3, 0.4) is 0 Å². The van der Waals surface area contributed by atoms with Crippen LogP contribution in [0.25, 0.3) is 16.9 Å². The summed E-state index contributed by atoms with van der Waals surface area (Å²) in [7, 11) is 0. The minimum absolute atomic E-state index is 0.308. The summed E-state index contributed by atoms with van der Waals surface area (Å²) in [5, 5.41) is 0. The van der Waals surface area contributed by atoms with E-state index in [9.17, 15) is 4.79 Å². The average Bonchev–Trinajstić information content (AvgIpc) is 2.97. The van der Waals surface area contributed by atoms with E-state index in [-0.39, 0.29) is 5.97 Å². The third-order valence-corrected chi connectivity index (χ3v) is 4.48. The van der Waals surface area contributed by atoms with Gasteiger partial charge in [0.15, 0.2) is 0 Å². The average molecular weight is 384 g/mol. The van der Waals surface area contributed by atoms with Crippen LogP contribution in [-0.4, -0.2) is 17.1 Å². The van der Waals surface area contributed by atoms with Gasteiger partial charge in [0.2, 0.25) is 0 Å². The quantitative estimate of drug-likeness (QED) is 0.565. The smallest absolute Gasteiger partial charge is 0.338 e. The molecule has 1 aromatic heterocycles. The van der Waals surface area contributed by atoms with Crippen molar-refractivity contribution in [2.24, 2.45) is 0 Å². The summed E-state index contributed by atoms with van der Waals surface area (Å²) < 4.78 is 8.09. The first-order chi connectivity index (χ1) is 11.6. The predicted molar refractivity (Wildman–Crippen MR) is 99.6 cm³/mol. The molecule has 0 unspecified atom stereocenters. The van der Waals surface area contributed by atoms with Gasteiger partial charge in [-0.3, -0.25) is 0 Å². The zero-order chi connectivity index (χ0) is 17.1. The molecule has 3 aromatic rings. The molecule has 24 heavy (non-hydrogen) atoms. The molecule has 122 valence electrons. The Morgan fingerprint density at radius 1 is 1.08 bits per heavy atom. The van der Waals surface area contributed by atoms with Gasteiger partial charge < -0.3 is 9.30 Å². The molecule has 0 aliphatic heterocycles. The Morgan fingerprint density at radius 3 is 2.50 bits per heavy atom. The zero-order valence-corrected chi connectivity index (χ0v) is 15.2. The summed E-state index contributed by atoms with van der Waals surface area (Å²) in [6.07, 6.45) is 0. The number of hydrogen-bond acceptors (Lipinski definition) is 2. The topological polar surface area (TPSA) is 31.2 Å². The first kappa shape index (κ1) is 16.5. The van der Waals surface area contributed by atoms with Gasteiger partial charge in [-0.2, -0.15) is 0 Å². The van der Waals surface area contributed by atoms with Crippen LogP contribution < -0.4 is 0 Å². The second-order valence-corrected chi connectivity index (χ2v) is 6.30. The van der Waals surface area contributed by atoms with Crippen LogP contribution in [-0.2, 0) is 4.74 Å². The maximum atomic E-state index is 11.9. The molecule has 0 amide bonds. The molecular weight excluding hydrogens is 366 g/mol. The van der Waals surface area contributed by atoms with Crippen molar-refractivity contribution in [3.8, 4) is 16.9 Å². The third kappa shape index (κ3) is 3.15. The van der Waals surface area contributed by atoms with Crippen LogP contribution in [0, 0.1) is 6.92 Å². The third-order valence-electron chi connectivity index (χ3n) is 3.85. The molecule has 0 saturated heterocycles. The Kier molecular flexibility index (Phi) is 4.86. The number of nitrogens with zero attached hydrogens (tertiary/aromatic N) is 1. The molecule has 0 saturated carbocycles. The number of aryl methyl sites for hydroxylation is 1. The number of ether oxygens (including phenoxy) is 1. The summed E-state index contributed by atoms with van der Waals surface area (Å²) >= 11 is 3.60. The molecule has 0 atom stereocenters. The van der Waals surface area contributed by atoms with Crippen molar-refractivity contribution in [3.63, 3.8) is 0 Å². The number of halogens is 1. The highest BCUT2D eigenvalue weighted by molar-refractivity contribution is 9.10. The van der Waals surface area contributed by atoms with E-state index in [2.05, 4.69) is 51.7 Å². The van der Waals surface area contributed by atoms with Crippen molar-refractivity contribution in [3.05, 3.63) is 76.4 Å². The minimum Gasteiger partial charge on any atom is -0.462 e. The van der Waals surface area contributed by atoms with E-state index in [4.69, 9.17) is 4.74 Å². The highest BCUT2D eigenvalue weighted by Crippen LogP contribution is 2.31. The lowest BCUT2D eigenvalue weighted by atomic mass is 10.1. The van der Waals surface area contributed by atoms with E-state index in [0.29, 0.717) is 12.2 Å². The summed E-state index contributed by atoms with van der Waals surface area (Å²) in [6, 6.07) is 20.0. The van der Waals surface area contributed by atoms with E-state index in [1.165, 1.54) is 0 Å². The zero-order valence-electron chi connectivity index (χ0n) is 13.6. The number of carbonyl (C=O) groups excluding carboxylic acids is 1. The second kappa shape index (κ2) is 7.05. The van der Waals surface area contributed by atoms with Crippen LogP contribution >= 0.6 is 15.9 Å². The first-order valence-electron chi connectivity index (χ1n) is 7.82. The van der Waals surface area contributed by atoms with Gasteiger partial charge in [0.1, 0.15) is 0 Å². The number of esters is 1. The highest BCUT2D eigenvalue weighted by atomic mass is 79.9. The molecule has 0 radical (unpaired) electrons. The van der Waals surface area contributed by atoms with Crippen molar-refractivity contribution in [1.29, 1.82) is 0 Å². The normalized spacial score (nSPS) is 10.6. The lowest BCUT2D eigenvalue weighted by Crippen LogP contribution is -2.06. The van der Waals surface area contributed by atoms with Gasteiger partial charge in [-0.05, 0) is 65.7 Å². The highest BCUT2D eigenvalue weighted by Gasteiger charge is 2.14. The molecular formula is C20H18BrNO2. The summed E-state index contributed by atoms with van der Waals surface area (Å²) in [5.41, 5.74) is 4.91. The molecule has 0 aliphatic rings. The van der Waals surface area contributed by atoms with Gasteiger partial charge in [0.05, 0.1) is 23.6 Å². The van der Waals surface area contributed by atoms with E-state index in [1.807, 2.05) is 30.3 Å². The lowest BCUT2D eigenvalue weighted by molar-refractivity contribution is 0.0526. The molecule has 3 rings (SSSR count). The summed E-state index contributed by atoms with van der Waals surface area (Å²) in [6.45, 7) is 4.24. The molecule has 2 aromatic carbocycles. The number of rotatable bonds is 4. The van der Waals surface area contributed by atoms with Gasteiger partial charge >= 0.3 is 5.97 Å². The Balaban J connectivity index is 2.07. The van der Waals surface area contributed by atoms with Crippen LogP contribution in [0.4, 0.5) is 0 Å². The molecule has 0 aliphatic carbocycles. The fraction of sp³-hybridized carbons (Fsp3) is 0.150. The van der Waals surface area contributed by atoms with Crippen molar-refractivity contribution < 1.29 is 9.53 Å². The molecule has 4 heteroatoms.